The summed E-state index contributed by atoms with van der Waals surface area (Å²) in [4.78, 5) is 37.1. The Hall–Kier alpha value is -4.28. The van der Waals surface area contributed by atoms with Crippen molar-refractivity contribution in [2.24, 2.45) is 0 Å². The minimum absolute atomic E-state index is 0.0358. The molecule has 39 heavy (non-hydrogen) atoms. The van der Waals surface area contributed by atoms with Gasteiger partial charge in [-0.3, -0.25) is 9.59 Å². The number of rotatable bonds is 9. The predicted molar refractivity (Wildman–Crippen MR) is 146 cm³/mol. The lowest BCUT2D eigenvalue weighted by Crippen LogP contribution is -2.49. The summed E-state index contributed by atoms with van der Waals surface area (Å²) < 4.78 is 11.8. The van der Waals surface area contributed by atoms with Crippen molar-refractivity contribution in [1.29, 1.82) is 0 Å². The standard InChI is InChI=1S/C29H31N5O5/c1-17(33-29(37)18(2)35)24-13-10-20(15-38-24)34-28-25-23(14-30-27(25)31-16-32-28)26(36)19-8-11-22(12-9-19)39-21-6-4-3-5-7-21/h3-9,11-12,14,16-18,20,24,35H,10,13,15H2,1-2H3,(H,33,37)(H2,30,31,32,34)/t17-,18+,20+,24-/m0/s1. The monoisotopic (exact) mass is 529 g/mol. The van der Waals surface area contributed by atoms with Crippen molar-refractivity contribution in [1.82, 2.24) is 20.3 Å². The number of hydrogen-bond acceptors (Lipinski definition) is 8. The van der Waals surface area contributed by atoms with Crippen LogP contribution in [0.4, 0.5) is 5.82 Å². The Labute approximate surface area is 225 Å². The van der Waals surface area contributed by atoms with E-state index in [-0.39, 0.29) is 24.0 Å². The molecule has 2 aromatic heterocycles. The van der Waals surface area contributed by atoms with Crippen LogP contribution >= 0.6 is 0 Å². The number of nitrogens with one attached hydrogen (secondary N) is 3. The van der Waals surface area contributed by atoms with Crippen LogP contribution in [-0.4, -0.2) is 62.6 Å². The summed E-state index contributed by atoms with van der Waals surface area (Å²) in [6.45, 7) is 3.70. The Morgan fingerprint density at radius 3 is 2.49 bits per heavy atom. The lowest BCUT2D eigenvalue weighted by Gasteiger charge is -2.33. The van der Waals surface area contributed by atoms with Crippen LogP contribution in [0.25, 0.3) is 11.0 Å². The highest BCUT2D eigenvalue weighted by atomic mass is 16.5. The molecule has 0 unspecified atom stereocenters. The van der Waals surface area contributed by atoms with E-state index >= 15 is 0 Å². The number of aromatic amines is 1. The first kappa shape index (κ1) is 26.3. The molecule has 1 fully saturated rings. The van der Waals surface area contributed by atoms with Crippen LogP contribution in [0.5, 0.6) is 11.5 Å². The lowest BCUT2D eigenvalue weighted by molar-refractivity contribution is -0.130. The molecular formula is C29H31N5O5. The van der Waals surface area contributed by atoms with Gasteiger partial charge in [0.1, 0.15) is 35.4 Å². The zero-order valence-corrected chi connectivity index (χ0v) is 21.8. The fraction of sp³-hybridized carbons (Fsp3) is 0.310. The molecule has 10 heteroatoms. The largest absolute Gasteiger partial charge is 0.457 e. The van der Waals surface area contributed by atoms with Crippen LogP contribution in [0.2, 0.25) is 0 Å². The van der Waals surface area contributed by atoms with Crippen molar-refractivity contribution >= 4 is 28.5 Å². The van der Waals surface area contributed by atoms with E-state index in [4.69, 9.17) is 9.47 Å². The molecule has 1 amide bonds. The number of nitrogens with zero attached hydrogens (tertiary/aromatic N) is 2. The second kappa shape index (κ2) is 11.6. The summed E-state index contributed by atoms with van der Waals surface area (Å²) in [5.41, 5.74) is 1.54. The van der Waals surface area contributed by atoms with Gasteiger partial charge in [-0.2, -0.15) is 0 Å². The van der Waals surface area contributed by atoms with E-state index in [1.54, 1.807) is 30.5 Å². The molecule has 4 aromatic rings. The van der Waals surface area contributed by atoms with E-state index in [1.807, 2.05) is 37.3 Å². The van der Waals surface area contributed by atoms with Crippen LogP contribution in [0.3, 0.4) is 0 Å². The van der Waals surface area contributed by atoms with Gasteiger partial charge >= 0.3 is 0 Å². The van der Waals surface area contributed by atoms with E-state index < -0.39 is 12.0 Å². The predicted octanol–water partition coefficient (Wildman–Crippen LogP) is 3.83. The Morgan fingerprint density at radius 1 is 1.05 bits per heavy atom. The number of benzene rings is 2. The van der Waals surface area contributed by atoms with Crippen molar-refractivity contribution in [3.63, 3.8) is 0 Å². The Bertz CT molecular complexity index is 1430. The van der Waals surface area contributed by atoms with E-state index in [9.17, 15) is 14.7 Å². The van der Waals surface area contributed by atoms with Gasteiger partial charge < -0.3 is 30.2 Å². The smallest absolute Gasteiger partial charge is 0.248 e. The SMILES string of the molecule is C[C@H](NC(=O)[C@@H](C)O)[C@@H]1CC[C@@H](Nc2ncnc3[nH]cc(C(=O)c4ccc(Oc5ccccc5)cc4)c23)CO1. The van der Waals surface area contributed by atoms with Gasteiger partial charge in [0, 0.05) is 11.8 Å². The first-order valence-electron chi connectivity index (χ1n) is 13.0. The topological polar surface area (TPSA) is 138 Å². The number of H-pyrrole nitrogens is 1. The van der Waals surface area contributed by atoms with Gasteiger partial charge in [-0.25, -0.2) is 9.97 Å². The second-order valence-electron chi connectivity index (χ2n) is 9.68. The molecule has 202 valence electrons. The fourth-order valence-corrected chi connectivity index (χ4v) is 4.62. The molecule has 1 saturated heterocycles. The maximum absolute atomic E-state index is 13.5. The van der Waals surface area contributed by atoms with Gasteiger partial charge in [-0.1, -0.05) is 18.2 Å². The van der Waals surface area contributed by atoms with Crippen LogP contribution < -0.4 is 15.4 Å². The zero-order chi connectivity index (χ0) is 27.4. The maximum atomic E-state index is 13.5. The Morgan fingerprint density at radius 2 is 1.79 bits per heavy atom. The molecule has 2 aromatic carbocycles. The number of carbonyl (C=O) groups excluding carboxylic acids is 2. The van der Waals surface area contributed by atoms with Crippen molar-refractivity contribution in [2.75, 3.05) is 11.9 Å². The fourth-order valence-electron chi connectivity index (χ4n) is 4.62. The molecule has 10 nitrogen and oxygen atoms in total. The maximum Gasteiger partial charge on any atom is 0.248 e. The Balaban J connectivity index is 1.27. The quantitative estimate of drug-likeness (QED) is 0.240. The van der Waals surface area contributed by atoms with Crippen molar-refractivity contribution in [3.8, 4) is 11.5 Å². The minimum atomic E-state index is -1.07. The van der Waals surface area contributed by atoms with E-state index in [2.05, 4.69) is 25.6 Å². The summed E-state index contributed by atoms with van der Waals surface area (Å²) in [5.74, 6) is 1.33. The number of aliphatic hydroxyl groups excluding tert-OH is 1. The summed E-state index contributed by atoms with van der Waals surface area (Å²) >= 11 is 0. The number of fused-ring (bicyclic) bond motifs is 1. The highest BCUT2D eigenvalue weighted by molar-refractivity contribution is 6.18. The number of para-hydroxylation sites is 1. The zero-order valence-electron chi connectivity index (χ0n) is 21.8. The average molecular weight is 530 g/mol. The molecule has 0 radical (unpaired) electrons. The summed E-state index contributed by atoms with van der Waals surface area (Å²) in [5, 5.41) is 16.3. The van der Waals surface area contributed by atoms with Gasteiger partial charge in [-0.15, -0.1) is 0 Å². The normalized spacial score (nSPS) is 18.7. The molecule has 0 saturated carbocycles. The van der Waals surface area contributed by atoms with Gasteiger partial charge in [0.2, 0.25) is 5.91 Å². The first-order valence-corrected chi connectivity index (χ1v) is 13.0. The van der Waals surface area contributed by atoms with Gasteiger partial charge in [0.25, 0.3) is 0 Å². The second-order valence-corrected chi connectivity index (χ2v) is 9.68. The minimum Gasteiger partial charge on any atom is -0.457 e. The number of anilines is 1. The highest BCUT2D eigenvalue weighted by Gasteiger charge is 2.28. The summed E-state index contributed by atoms with van der Waals surface area (Å²) in [7, 11) is 0. The number of carbonyl (C=O) groups is 2. The van der Waals surface area contributed by atoms with Crippen LogP contribution in [-0.2, 0) is 9.53 Å². The number of aliphatic hydroxyl groups is 1. The number of amides is 1. The van der Waals surface area contributed by atoms with E-state index in [0.717, 1.165) is 12.2 Å². The third-order valence-electron chi connectivity index (χ3n) is 6.77. The van der Waals surface area contributed by atoms with E-state index in [1.165, 1.54) is 13.3 Å². The Kier molecular flexibility index (Phi) is 7.85. The number of ether oxygens (including phenoxy) is 2. The molecule has 0 spiro atoms. The van der Waals surface area contributed by atoms with Crippen molar-refractivity contribution in [2.45, 2.75) is 51.0 Å². The molecule has 4 atom stereocenters. The first-order chi connectivity index (χ1) is 18.9. The number of aromatic nitrogens is 3. The molecule has 5 rings (SSSR count). The summed E-state index contributed by atoms with van der Waals surface area (Å²) in [6, 6.07) is 16.2. The number of hydrogen-bond donors (Lipinski definition) is 4. The highest BCUT2D eigenvalue weighted by Crippen LogP contribution is 2.29. The molecule has 4 N–H and O–H groups in total. The number of ketones is 1. The molecular weight excluding hydrogens is 498 g/mol. The van der Waals surface area contributed by atoms with Gasteiger partial charge in [0.15, 0.2) is 5.78 Å². The van der Waals surface area contributed by atoms with Crippen LogP contribution in [0.15, 0.2) is 67.1 Å². The van der Waals surface area contributed by atoms with Crippen LogP contribution in [0, 0.1) is 0 Å². The van der Waals surface area contributed by atoms with Gasteiger partial charge in [-0.05, 0) is 63.1 Å². The molecule has 0 aliphatic carbocycles. The van der Waals surface area contributed by atoms with Crippen LogP contribution in [0.1, 0.15) is 42.6 Å². The summed E-state index contributed by atoms with van der Waals surface area (Å²) in [6.07, 6.45) is 3.37. The molecule has 1 aliphatic rings. The molecule has 3 heterocycles. The third kappa shape index (κ3) is 6.08. The third-order valence-corrected chi connectivity index (χ3v) is 6.77. The van der Waals surface area contributed by atoms with E-state index in [0.29, 0.717) is 46.8 Å². The molecule has 1 aliphatic heterocycles. The molecule has 0 bridgehead atoms. The lowest BCUT2D eigenvalue weighted by atomic mass is 9.99. The average Bonchev–Trinajstić information content (AvgIpc) is 3.39. The van der Waals surface area contributed by atoms with Crippen molar-refractivity contribution in [3.05, 3.63) is 78.2 Å². The van der Waals surface area contributed by atoms with Crippen molar-refractivity contribution < 1.29 is 24.2 Å². The van der Waals surface area contributed by atoms with Gasteiger partial charge in [0.05, 0.1) is 35.7 Å².